The smallest absolute Gasteiger partial charge is 0.351 e. The number of aliphatic imine (C=N–C) groups is 1. The Morgan fingerprint density at radius 1 is 1.71 bits per heavy atom. The summed E-state index contributed by atoms with van der Waals surface area (Å²) in [6.45, 7) is 1.06. The van der Waals surface area contributed by atoms with Crippen LogP contribution < -0.4 is 5.69 Å². The molecule has 1 fully saturated rings. The number of hydrogen-bond acceptors (Lipinski definition) is 5. The lowest BCUT2D eigenvalue weighted by Gasteiger charge is -2.22. The second kappa shape index (κ2) is 5.90. The van der Waals surface area contributed by atoms with Gasteiger partial charge in [-0.05, 0) is 13.0 Å². The molecule has 7 nitrogen and oxygen atoms in total. The quantitative estimate of drug-likeness (QED) is 0.646. The fourth-order valence-electron chi connectivity index (χ4n) is 2.21. The van der Waals surface area contributed by atoms with Crippen molar-refractivity contribution in [2.24, 2.45) is 4.99 Å². The Morgan fingerprint density at radius 3 is 2.95 bits per heavy atom. The Kier molecular flexibility index (Phi) is 4.38. The standard InChI is InChI=1S/C13H19FN4O3/c1-13(14)6-9(7-19)21-11(13)18-5-4-10(16-12(18)20)15-8-17(2)3/h4-5,8-9,11,19H,6-7H2,1-3H3/t9-,11+,13+/m0/s1. The van der Waals surface area contributed by atoms with Crippen molar-refractivity contribution >= 4 is 12.2 Å². The number of rotatable bonds is 4. The van der Waals surface area contributed by atoms with Gasteiger partial charge in [0.05, 0.1) is 19.0 Å². The van der Waals surface area contributed by atoms with Crippen LogP contribution in [0, 0.1) is 0 Å². The molecule has 3 atom stereocenters. The number of aliphatic hydroxyl groups is 1. The topological polar surface area (TPSA) is 80.0 Å². The van der Waals surface area contributed by atoms with Crippen LogP contribution in [0.5, 0.6) is 0 Å². The highest BCUT2D eigenvalue weighted by Crippen LogP contribution is 2.40. The highest BCUT2D eigenvalue weighted by Gasteiger charge is 2.47. The van der Waals surface area contributed by atoms with Gasteiger partial charge in [0.1, 0.15) is 0 Å². The third-order valence-corrected chi connectivity index (χ3v) is 3.16. The molecule has 0 aromatic carbocycles. The molecule has 1 aliphatic rings. The lowest BCUT2D eigenvalue weighted by atomic mass is 10.0. The maximum Gasteiger partial charge on any atom is 0.351 e. The second-order valence-electron chi connectivity index (χ2n) is 5.46. The molecular weight excluding hydrogens is 279 g/mol. The average Bonchev–Trinajstić information content (AvgIpc) is 2.71. The minimum atomic E-state index is -1.74. The first kappa shape index (κ1) is 15.6. The van der Waals surface area contributed by atoms with Gasteiger partial charge in [-0.2, -0.15) is 4.98 Å². The fraction of sp³-hybridized carbons (Fsp3) is 0.615. The van der Waals surface area contributed by atoms with Crippen molar-refractivity contribution in [3.63, 3.8) is 0 Å². The van der Waals surface area contributed by atoms with Gasteiger partial charge in [-0.15, -0.1) is 0 Å². The van der Waals surface area contributed by atoms with Gasteiger partial charge in [0.15, 0.2) is 17.7 Å². The predicted molar refractivity (Wildman–Crippen MR) is 75.5 cm³/mol. The first-order chi connectivity index (χ1) is 9.83. The summed E-state index contributed by atoms with van der Waals surface area (Å²) in [6.07, 6.45) is 1.23. The van der Waals surface area contributed by atoms with E-state index in [-0.39, 0.29) is 18.8 Å². The van der Waals surface area contributed by atoms with Crippen LogP contribution in [0.1, 0.15) is 19.6 Å². The molecule has 0 bridgehead atoms. The molecule has 8 heteroatoms. The minimum Gasteiger partial charge on any atom is -0.394 e. The van der Waals surface area contributed by atoms with E-state index in [1.54, 1.807) is 19.0 Å². The molecule has 0 unspecified atom stereocenters. The number of hydrogen-bond donors (Lipinski definition) is 1. The Morgan fingerprint density at radius 2 is 2.43 bits per heavy atom. The van der Waals surface area contributed by atoms with Crippen molar-refractivity contribution in [3.8, 4) is 0 Å². The Labute approximate surface area is 121 Å². The molecule has 1 aromatic rings. The number of nitrogens with zero attached hydrogens (tertiary/aromatic N) is 4. The summed E-state index contributed by atoms with van der Waals surface area (Å²) >= 11 is 0. The Bertz CT molecular complexity index is 585. The van der Waals surface area contributed by atoms with Crippen LogP contribution in [0.3, 0.4) is 0 Å². The maximum atomic E-state index is 14.5. The number of halogens is 1. The van der Waals surface area contributed by atoms with Crippen molar-refractivity contribution in [2.75, 3.05) is 20.7 Å². The van der Waals surface area contributed by atoms with Crippen LogP contribution in [-0.2, 0) is 4.74 Å². The summed E-state index contributed by atoms with van der Waals surface area (Å²) in [5.74, 6) is 0.238. The molecule has 0 radical (unpaired) electrons. The van der Waals surface area contributed by atoms with Gasteiger partial charge in [-0.1, -0.05) is 0 Å². The molecule has 1 N–H and O–H groups in total. The normalized spacial score (nSPS) is 29.2. The van der Waals surface area contributed by atoms with Crippen LogP contribution in [0.4, 0.5) is 10.2 Å². The first-order valence-corrected chi connectivity index (χ1v) is 6.58. The summed E-state index contributed by atoms with van der Waals surface area (Å²) in [5, 5.41) is 9.08. The predicted octanol–water partition coefficient (Wildman–Crippen LogP) is 0.473. The fourth-order valence-corrected chi connectivity index (χ4v) is 2.21. The van der Waals surface area contributed by atoms with E-state index in [1.807, 2.05) is 0 Å². The van der Waals surface area contributed by atoms with Crippen molar-refractivity contribution in [1.82, 2.24) is 14.5 Å². The molecule has 2 rings (SSSR count). The highest BCUT2D eigenvalue weighted by molar-refractivity contribution is 5.58. The van der Waals surface area contributed by atoms with E-state index in [1.165, 1.54) is 25.5 Å². The lowest BCUT2D eigenvalue weighted by molar-refractivity contribution is -0.0609. The van der Waals surface area contributed by atoms with Gasteiger partial charge in [0.2, 0.25) is 0 Å². The van der Waals surface area contributed by atoms with Gasteiger partial charge >= 0.3 is 5.69 Å². The van der Waals surface area contributed by atoms with Crippen LogP contribution in [-0.4, -0.2) is 58.4 Å². The maximum absolute atomic E-state index is 14.5. The summed E-state index contributed by atoms with van der Waals surface area (Å²) in [4.78, 5) is 21.5. The van der Waals surface area contributed by atoms with Gasteiger partial charge in [-0.25, -0.2) is 14.2 Å². The van der Waals surface area contributed by atoms with Crippen molar-refractivity contribution < 1.29 is 14.2 Å². The molecular formula is C13H19FN4O3. The molecule has 0 amide bonds. The Hall–Kier alpha value is -1.80. The van der Waals surface area contributed by atoms with E-state index < -0.39 is 23.7 Å². The van der Waals surface area contributed by atoms with Gasteiger partial charge < -0.3 is 14.7 Å². The van der Waals surface area contributed by atoms with Crippen LogP contribution >= 0.6 is 0 Å². The first-order valence-electron chi connectivity index (χ1n) is 6.58. The summed E-state index contributed by atoms with van der Waals surface area (Å²) in [5.41, 5.74) is -2.39. The lowest BCUT2D eigenvalue weighted by Crippen LogP contribution is -2.35. The average molecular weight is 298 g/mol. The third kappa shape index (κ3) is 3.45. The summed E-state index contributed by atoms with van der Waals surface area (Å²) < 4.78 is 20.9. The number of aromatic nitrogens is 2. The number of aliphatic hydroxyl groups excluding tert-OH is 1. The molecule has 2 heterocycles. The van der Waals surface area contributed by atoms with Gasteiger partial charge in [0, 0.05) is 26.7 Å². The third-order valence-electron chi connectivity index (χ3n) is 3.16. The molecule has 0 saturated carbocycles. The molecule has 1 aromatic heterocycles. The second-order valence-corrected chi connectivity index (χ2v) is 5.46. The largest absolute Gasteiger partial charge is 0.394 e. The summed E-state index contributed by atoms with van der Waals surface area (Å²) in [7, 11) is 3.58. The van der Waals surface area contributed by atoms with E-state index in [0.717, 1.165) is 4.57 Å². The van der Waals surface area contributed by atoms with Crippen LogP contribution in [0.25, 0.3) is 0 Å². The van der Waals surface area contributed by atoms with Gasteiger partial charge in [-0.3, -0.25) is 4.57 Å². The monoisotopic (exact) mass is 298 g/mol. The minimum absolute atomic E-state index is 0.0289. The zero-order chi connectivity index (χ0) is 15.6. The van der Waals surface area contributed by atoms with E-state index >= 15 is 0 Å². The van der Waals surface area contributed by atoms with E-state index in [2.05, 4.69) is 9.98 Å². The van der Waals surface area contributed by atoms with Crippen LogP contribution in [0.15, 0.2) is 22.1 Å². The van der Waals surface area contributed by atoms with E-state index in [4.69, 9.17) is 9.84 Å². The van der Waals surface area contributed by atoms with E-state index in [9.17, 15) is 9.18 Å². The molecule has 21 heavy (non-hydrogen) atoms. The SMILES string of the molecule is CN(C)C=Nc1ccn([C@@H]2O[C@H](CO)C[C@@]2(C)F)c(=O)n1. The van der Waals surface area contributed by atoms with Crippen LogP contribution in [0.2, 0.25) is 0 Å². The summed E-state index contributed by atoms with van der Waals surface area (Å²) in [6, 6.07) is 1.51. The van der Waals surface area contributed by atoms with Gasteiger partial charge in [0.25, 0.3) is 0 Å². The molecule has 1 aliphatic heterocycles. The zero-order valence-electron chi connectivity index (χ0n) is 12.2. The van der Waals surface area contributed by atoms with E-state index in [0.29, 0.717) is 0 Å². The van der Waals surface area contributed by atoms with Crippen molar-refractivity contribution in [2.45, 2.75) is 31.3 Å². The molecule has 0 spiro atoms. The number of alkyl halides is 1. The number of ether oxygens (including phenoxy) is 1. The molecule has 1 saturated heterocycles. The van der Waals surface area contributed by atoms with Crippen molar-refractivity contribution in [3.05, 3.63) is 22.7 Å². The molecule has 116 valence electrons. The Balaban J connectivity index is 2.27. The van der Waals surface area contributed by atoms with Crippen molar-refractivity contribution in [1.29, 1.82) is 0 Å². The molecule has 0 aliphatic carbocycles. The highest BCUT2D eigenvalue weighted by atomic mass is 19.1. The zero-order valence-corrected chi connectivity index (χ0v) is 12.2.